The molecule has 1 aromatic rings. The second-order valence-corrected chi connectivity index (χ2v) is 6.88. The van der Waals surface area contributed by atoms with E-state index < -0.39 is 5.97 Å². The summed E-state index contributed by atoms with van der Waals surface area (Å²) >= 11 is 0. The van der Waals surface area contributed by atoms with Crippen LogP contribution in [0.3, 0.4) is 0 Å². The molecule has 1 aliphatic carbocycles. The van der Waals surface area contributed by atoms with Gasteiger partial charge in [0.05, 0.1) is 18.3 Å². The smallest absolute Gasteiger partial charge is 0.345 e. The Morgan fingerprint density at radius 2 is 2.26 bits per heavy atom. The van der Waals surface area contributed by atoms with Crippen LogP contribution >= 0.6 is 0 Å². The standard InChI is InChI=1S/C17H23N3O3/c1-5-23-15(22)11-9-18-16-19-17(3,4)12-7-6-10(2)8-13(12)20(16)14(11)21/h9-10H,5-8H2,1-4H3,(H,18,19)/t10-/m1/s1. The predicted molar refractivity (Wildman–Crippen MR) is 88.4 cm³/mol. The summed E-state index contributed by atoms with van der Waals surface area (Å²) in [6.07, 6.45) is 4.19. The lowest BCUT2D eigenvalue weighted by Crippen LogP contribution is -2.45. The first-order valence-corrected chi connectivity index (χ1v) is 8.15. The van der Waals surface area contributed by atoms with E-state index in [0.717, 1.165) is 25.0 Å². The van der Waals surface area contributed by atoms with Crippen molar-refractivity contribution in [2.45, 2.75) is 52.5 Å². The minimum absolute atomic E-state index is 0.0119. The first-order valence-electron chi connectivity index (χ1n) is 8.15. The van der Waals surface area contributed by atoms with Crippen LogP contribution < -0.4 is 10.9 Å². The second-order valence-electron chi connectivity index (χ2n) is 6.88. The van der Waals surface area contributed by atoms with Gasteiger partial charge in [-0.2, -0.15) is 0 Å². The molecule has 3 rings (SSSR count). The van der Waals surface area contributed by atoms with Crippen LogP contribution in [0.4, 0.5) is 5.95 Å². The number of ether oxygens (including phenoxy) is 1. The number of rotatable bonds is 2. The van der Waals surface area contributed by atoms with E-state index in [4.69, 9.17) is 4.74 Å². The van der Waals surface area contributed by atoms with Crippen LogP contribution in [-0.4, -0.2) is 27.7 Å². The summed E-state index contributed by atoms with van der Waals surface area (Å²) < 4.78 is 6.54. The summed E-state index contributed by atoms with van der Waals surface area (Å²) in [7, 11) is 0. The number of fused-ring (bicyclic) bond motifs is 2. The molecule has 0 spiro atoms. The molecule has 1 N–H and O–H groups in total. The van der Waals surface area contributed by atoms with Crippen LogP contribution in [0.25, 0.3) is 5.70 Å². The molecule has 1 atom stereocenters. The number of nitrogens with one attached hydrogen (secondary N) is 1. The van der Waals surface area contributed by atoms with Crippen molar-refractivity contribution in [1.29, 1.82) is 0 Å². The average Bonchev–Trinajstić information content (AvgIpc) is 2.46. The minimum atomic E-state index is -0.615. The van der Waals surface area contributed by atoms with Gasteiger partial charge in [-0.1, -0.05) is 6.92 Å². The summed E-state index contributed by atoms with van der Waals surface area (Å²) in [6, 6.07) is 0. The highest BCUT2D eigenvalue weighted by Gasteiger charge is 2.37. The Morgan fingerprint density at radius 1 is 1.52 bits per heavy atom. The molecule has 0 saturated carbocycles. The maximum atomic E-state index is 12.9. The zero-order valence-corrected chi connectivity index (χ0v) is 14.1. The van der Waals surface area contributed by atoms with E-state index >= 15 is 0 Å². The lowest BCUT2D eigenvalue weighted by molar-refractivity contribution is 0.0523. The first kappa shape index (κ1) is 15.8. The molecule has 1 aromatic heterocycles. The van der Waals surface area contributed by atoms with Crippen molar-refractivity contribution in [2.24, 2.45) is 5.92 Å². The molecular formula is C17H23N3O3. The number of allylic oxidation sites excluding steroid dienone is 1. The maximum absolute atomic E-state index is 12.9. The van der Waals surface area contributed by atoms with E-state index in [0.29, 0.717) is 11.9 Å². The van der Waals surface area contributed by atoms with Crippen molar-refractivity contribution >= 4 is 17.6 Å². The molecule has 6 heteroatoms. The lowest BCUT2D eigenvalue weighted by Gasteiger charge is -2.41. The van der Waals surface area contributed by atoms with Crippen molar-refractivity contribution in [3.8, 4) is 0 Å². The first-order chi connectivity index (χ1) is 10.8. The fourth-order valence-electron chi connectivity index (χ4n) is 3.49. The molecule has 23 heavy (non-hydrogen) atoms. The van der Waals surface area contributed by atoms with Gasteiger partial charge in [-0.05, 0) is 51.5 Å². The molecule has 0 unspecified atom stereocenters. The summed E-state index contributed by atoms with van der Waals surface area (Å²) in [5, 5.41) is 3.33. The van der Waals surface area contributed by atoms with Crippen LogP contribution in [0.2, 0.25) is 0 Å². The molecule has 1 aliphatic heterocycles. The van der Waals surface area contributed by atoms with Crippen LogP contribution in [0.15, 0.2) is 16.6 Å². The third-order valence-electron chi connectivity index (χ3n) is 4.68. The Labute approximate surface area is 135 Å². The SMILES string of the molecule is CCOC(=O)c1cnc2n(c1=O)C1=C(CC[C@@H](C)C1)C(C)(C)N2. The van der Waals surface area contributed by atoms with Gasteiger partial charge in [-0.25, -0.2) is 14.3 Å². The fourth-order valence-corrected chi connectivity index (χ4v) is 3.49. The van der Waals surface area contributed by atoms with Gasteiger partial charge in [-0.3, -0.25) is 4.79 Å². The maximum Gasteiger partial charge on any atom is 0.345 e. The van der Waals surface area contributed by atoms with Gasteiger partial charge >= 0.3 is 5.97 Å². The molecule has 0 amide bonds. The number of esters is 1. The molecule has 0 bridgehead atoms. The number of hydrogen-bond donors (Lipinski definition) is 1. The van der Waals surface area contributed by atoms with Crippen molar-refractivity contribution in [2.75, 3.05) is 11.9 Å². The molecule has 124 valence electrons. The van der Waals surface area contributed by atoms with Crippen molar-refractivity contribution in [3.63, 3.8) is 0 Å². The second kappa shape index (κ2) is 5.51. The van der Waals surface area contributed by atoms with Crippen LogP contribution in [-0.2, 0) is 4.74 Å². The zero-order valence-electron chi connectivity index (χ0n) is 14.1. The third kappa shape index (κ3) is 2.56. The molecule has 2 aliphatic rings. The Kier molecular flexibility index (Phi) is 3.78. The van der Waals surface area contributed by atoms with Crippen molar-refractivity contribution < 1.29 is 9.53 Å². The minimum Gasteiger partial charge on any atom is -0.462 e. The normalized spacial score (nSPS) is 22.0. The van der Waals surface area contributed by atoms with Gasteiger partial charge in [0.2, 0.25) is 5.95 Å². The summed E-state index contributed by atoms with van der Waals surface area (Å²) in [5.41, 5.74) is 1.62. The lowest BCUT2D eigenvalue weighted by atomic mass is 9.78. The molecule has 0 saturated heterocycles. The topological polar surface area (TPSA) is 73.2 Å². The van der Waals surface area contributed by atoms with E-state index in [1.165, 1.54) is 11.8 Å². The molecular weight excluding hydrogens is 294 g/mol. The average molecular weight is 317 g/mol. The van der Waals surface area contributed by atoms with E-state index in [2.05, 4.69) is 31.1 Å². The van der Waals surface area contributed by atoms with Crippen molar-refractivity contribution in [1.82, 2.24) is 9.55 Å². The Morgan fingerprint density at radius 3 is 2.96 bits per heavy atom. The van der Waals surface area contributed by atoms with Gasteiger partial charge in [0.15, 0.2) is 0 Å². The predicted octanol–water partition coefficient (Wildman–Crippen LogP) is 2.66. The molecule has 0 radical (unpaired) electrons. The Bertz CT molecular complexity index is 746. The number of carbonyl (C=O) groups excluding carboxylic acids is 1. The van der Waals surface area contributed by atoms with Gasteiger partial charge in [0, 0.05) is 5.70 Å². The van der Waals surface area contributed by atoms with Gasteiger partial charge < -0.3 is 10.1 Å². The zero-order chi connectivity index (χ0) is 16.8. The number of hydrogen-bond acceptors (Lipinski definition) is 5. The number of aromatic nitrogens is 2. The highest BCUT2D eigenvalue weighted by molar-refractivity contribution is 5.89. The van der Waals surface area contributed by atoms with Gasteiger partial charge in [0.25, 0.3) is 5.56 Å². The van der Waals surface area contributed by atoms with Gasteiger partial charge in [-0.15, -0.1) is 0 Å². The van der Waals surface area contributed by atoms with E-state index in [9.17, 15) is 9.59 Å². The van der Waals surface area contributed by atoms with Crippen LogP contribution in [0.1, 0.15) is 57.3 Å². The highest BCUT2D eigenvalue weighted by atomic mass is 16.5. The fraction of sp³-hybridized carbons (Fsp3) is 0.588. The number of anilines is 1. The molecule has 2 heterocycles. The largest absolute Gasteiger partial charge is 0.462 e. The van der Waals surface area contributed by atoms with E-state index in [-0.39, 0.29) is 23.3 Å². The number of nitrogens with zero attached hydrogens (tertiary/aromatic N) is 2. The molecule has 0 fully saturated rings. The third-order valence-corrected chi connectivity index (χ3v) is 4.68. The van der Waals surface area contributed by atoms with Crippen LogP contribution in [0.5, 0.6) is 0 Å². The van der Waals surface area contributed by atoms with Crippen LogP contribution in [0, 0.1) is 5.92 Å². The van der Waals surface area contributed by atoms with Crippen molar-refractivity contribution in [3.05, 3.63) is 27.7 Å². The monoisotopic (exact) mass is 317 g/mol. The summed E-state index contributed by atoms with van der Waals surface area (Å²) in [6.45, 7) is 8.35. The van der Waals surface area contributed by atoms with E-state index in [1.807, 2.05) is 0 Å². The molecule has 0 aromatic carbocycles. The molecule has 6 nitrogen and oxygen atoms in total. The quantitative estimate of drug-likeness (QED) is 0.849. The summed E-state index contributed by atoms with van der Waals surface area (Å²) in [5.74, 6) is 0.394. The summed E-state index contributed by atoms with van der Waals surface area (Å²) in [4.78, 5) is 29.2. The van der Waals surface area contributed by atoms with E-state index in [1.54, 1.807) is 11.5 Å². The Hall–Kier alpha value is -2.11. The number of carbonyl (C=O) groups is 1. The highest BCUT2D eigenvalue weighted by Crippen LogP contribution is 2.41. The van der Waals surface area contributed by atoms with Gasteiger partial charge in [0.1, 0.15) is 5.56 Å². The Balaban J connectivity index is 2.19.